The van der Waals surface area contributed by atoms with Crippen molar-refractivity contribution in [3.05, 3.63) is 47.2 Å². The van der Waals surface area contributed by atoms with Crippen LogP contribution in [0.5, 0.6) is 5.75 Å². The molecule has 0 amide bonds. The second-order valence-corrected chi connectivity index (χ2v) is 6.57. The van der Waals surface area contributed by atoms with Crippen LogP contribution in [0.4, 0.5) is 5.95 Å². The molecule has 128 valence electrons. The van der Waals surface area contributed by atoms with Gasteiger partial charge in [-0.05, 0) is 56.1 Å². The van der Waals surface area contributed by atoms with Crippen molar-refractivity contribution < 1.29 is 4.74 Å². The van der Waals surface area contributed by atoms with Crippen LogP contribution in [0.25, 0.3) is 0 Å². The first-order chi connectivity index (χ1) is 11.7. The molecule has 0 spiro atoms. The van der Waals surface area contributed by atoms with Crippen molar-refractivity contribution in [1.82, 2.24) is 14.9 Å². The molecule has 5 nitrogen and oxygen atoms in total. The van der Waals surface area contributed by atoms with E-state index < -0.39 is 0 Å². The van der Waals surface area contributed by atoms with Crippen LogP contribution in [0.1, 0.15) is 18.4 Å². The Kier molecular flexibility index (Phi) is 5.88. The van der Waals surface area contributed by atoms with Gasteiger partial charge in [-0.2, -0.15) is 0 Å². The first-order valence-electron chi connectivity index (χ1n) is 8.30. The van der Waals surface area contributed by atoms with E-state index in [2.05, 4.69) is 20.2 Å². The van der Waals surface area contributed by atoms with Crippen molar-refractivity contribution >= 4 is 17.5 Å². The van der Waals surface area contributed by atoms with Gasteiger partial charge >= 0.3 is 0 Å². The van der Waals surface area contributed by atoms with Crippen LogP contribution in [0.3, 0.4) is 0 Å². The fraction of sp³-hybridized carbons (Fsp3) is 0.444. The maximum absolute atomic E-state index is 6.12. The van der Waals surface area contributed by atoms with Crippen LogP contribution in [0, 0.1) is 5.92 Å². The lowest BCUT2D eigenvalue weighted by Crippen LogP contribution is -2.35. The number of likely N-dealkylation sites (tertiary alicyclic amines) is 1. The number of halogens is 1. The van der Waals surface area contributed by atoms with Gasteiger partial charge in [0, 0.05) is 36.1 Å². The third-order valence-electron chi connectivity index (χ3n) is 4.46. The van der Waals surface area contributed by atoms with Crippen LogP contribution < -0.4 is 10.1 Å². The number of ether oxygens (including phenoxy) is 1. The van der Waals surface area contributed by atoms with Gasteiger partial charge in [0.25, 0.3) is 0 Å². The van der Waals surface area contributed by atoms with E-state index in [0.717, 1.165) is 42.5 Å². The molecule has 0 aliphatic carbocycles. The Bertz CT molecular complexity index is 645. The van der Waals surface area contributed by atoms with E-state index in [9.17, 15) is 0 Å². The van der Waals surface area contributed by atoms with Crippen LogP contribution in [0.15, 0.2) is 36.7 Å². The maximum Gasteiger partial charge on any atom is 0.222 e. The Morgan fingerprint density at radius 1 is 1.25 bits per heavy atom. The number of piperidine rings is 1. The Labute approximate surface area is 148 Å². The second-order valence-electron chi connectivity index (χ2n) is 6.13. The predicted molar refractivity (Wildman–Crippen MR) is 96.5 cm³/mol. The van der Waals surface area contributed by atoms with Crippen LogP contribution in [0.2, 0.25) is 5.02 Å². The smallest absolute Gasteiger partial charge is 0.222 e. The molecule has 6 heteroatoms. The van der Waals surface area contributed by atoms with Gasteiger partial charge in [-0.1, -0.05) is 11.6 Å². The van der Waals surface area contributed by atoms with Gasteiger partial charge in [0.05, 0.1) is 7.11 Å². The Hall–Kier alpha value is -1.85. The zero-order valence-corrected chi connectivity index (χ0v) is 14.7. The summed E-state index contributed by atoms with van der Waals surface area (Å²) in [6, 6.07) is 7.64. The highest BCUT2D eigenvalue weighted by molar-refractivity contribution is 6.30. The van der Waals surface area contributed by atoms with Crippen LogP contribution >= 0.6 is 11.6 Å². The molecule has 1 saturated heterocycles. The zero-order valence-electron chi connectivity index (χ0n) is 13.9. The topological polar surface area (TPSA) is 50.3 Å². The molecule has 0 atom stereocenters. The highest BCUT2D eigenvalue weighted by Gasteiger charge is 2.20. The monoisotopic (exact) mass is 346 g/mol. The number of hydrogen-bond donors (Lipinski definition) is 1. The molecule has 0 saturated carbocycles. The molecule has 1 aliphatic rings. The van der Waals surface area contributed by atoms with Crippen LogP contribution in [-0.4, -0.2) is 41.6 Å². The van der Waals surface area contributed by atoms with E-state index in [1.54, 1.807) is 19.5 Å². The van der Waals surface area contributed by atoms with Crippen molar-refractivity contribution in [2.45, 2.75) is 19.4 Å². The van der Waals surface area contributed by atoms with Crippen molar-refractivity contribution in [3.8, 4) is 5.75 Å². The lowest BCUT2D eigenvalue weighted by atomic mass is 9.96. The molecule has 1 N–H and O–H groups in total. The standard InChI is InChI=1S/C18H23ClN4O/c1-24-17-4-3-16(19)11-15(17)13-23-9-5-14(6-10-23)12-22-18-20-7-2-8-21-18/h2-4,7-8,11,14H,5-6,9-10,12-13H2,1H3,(H,20,21,22). The number of nitrogens with one attached hydrogen (secondary N) is 1. The summed E-state index contributed by atoms with van der Waals surface area (Å²) in [6.45, 7) is 3.97. The third kappa shape index (κ3) is 4.58. The fourth-order valence-electron chi connectivity index (χ4n) is 3.09. The van der Waals surface area contributed by atoms with Gasteiger partial charge in [-0.3, -0.25) is 4.90 Å². The average Bonchev–Trinajstić information content (AvgIpc) is 2.62. The minimum atomic E-state index is 0.659. The lowest BCUT2D eigenvalue weighted by molar-refractivity contribution is 0.180. The largest absolute Gasteiger partial charge is 0.496 e. The number of aromatic nitrogens is 2. The summed E-state index contributed by atoms with van der Waals surface area (Å²) in [4.78, 5) is 10.9. The molecule has 2 heterocycles. The van der Waals surface area contributed by atoms with E-state index in [4.69, 9.17) is 16.3 Å². The van der Waals surface area contributed by atoms with Crippen molar-refractivity contribution in [3.63, 3.8) is 0 Å². The summed E-state index contributed by atoms with van der Waals surface area (Å²) in [5.74, 6) is 2.28. The summed E-state index contributed by atoms with van der Waals surface area (Å²) in [5, 5.41) is 4.08. The first kappa shape index (κ1) is 17.0. The van der Waals surface area contributed by atoms with Gasteiger partial charge in [0.2, 0.25) is 5.95 Å². The van der Waals surface area contributed by atoms with E-state index in [-0.39, 0.29) is 0 Å². The number of benzene rings is 1. The van der Waals surface area contributed by atoms with E-state index in [1.807, 2.05) is 24.3 Å². The molecule has 1 aromatic heterocycles. The number of methoxy groups -OCH3 is 1. The summed E-state index contributed by atoms with van der Waals surface area (Å²) in [5.41, 5.74) is 1.15. The normalized spacial score (nSPS) is 16.1. The summed E-state index contributed by atoms with van der Waals surface area (Å²) >= 11 is 6.12. The molecule has 2 aromatic rings. The Morgan fingerprint density at radius 3 is 2.71 bits per heavy atom. The minimum Gasteiger partial charge on any atom is -0.496 e. The molecule has 0 radical (unpaired) electrons. The molecule has 1 fully saturated rings. The van der Waals surface area contributed by atoms with Gasteiger partial charge in [-0.25, -0.2) is 9.97 Å². The van der Waals surface area contributed by atoms with Gasteiger partial charge in [0.1, 0.15) is 5.75 Å². The number of nitrogens with zero attached hydrogens (tertiary/aromatic N) is 3. The average molecular weight is 347 g/mol. The Balaban J connectivity index is 1.48. The zero-order chi connectivity index (χ0) is 16.8. The quantitative estimate of drug-likeness (QED) is 0.868. The van der Waals surface area contributed by atoms with E-state index >= 15 is 0 Å². The number of hydrogen-bond acceptors (Lipinski definition) is 5. The van der Waals surface area contributed by atoms with Gasteiger partial charge < -0.3 is 10.1 Å². The minimum absolute atomic E-state index is 0.659. The highest BCUT2D eigenvalue weighted by atomic mass is 35.5. The van der Waals surface area contributed by atoms with Gasteiger partial charge in [-0.15, -0.1) is 0 Å². The van der Waals surface area contributed by atoms with E-state index in [0.29, 0.717) is 11.9 Å². The molecule has 0 unspecified atom stereocenters. The fourth-order valence-corrected chi connectivity index (χ4v) is 3.28. The van der Waals surface area contributed by atoms with Gasteiger partial charge in [0.15, 0.2) is 0 Å². The molecule has 1 aromatic carbocycles. The highest BCUT2D eigenvalue weighted by Crippen LogP contribution is 2.26. The van der Waals surface area contributed by atoms with Crippen molar-refractivity contribution in [1.29, 1.82) is 0 Å². The van der Waals surface area contributed by atoms with E-state index in [1.165, 1.54) is 12.8 Å². The molecular formula is C18H23ClN4O. The van der Waals surface area contributed by atoms with Crippen molar-refractivity contribution in [2.75, 3.05) is 32.1 Å². The summed E-state index contributed by atoms with van der Waals surface area (Å²) in [7, 11) is 1.70. The number of rotatable bonds is 6. The SMILES string of the molecule is COc1ccc(Cl)cc1CN1CCC(CNc2ncccn2)CC1. The lowest BCUT2D eigenvalue weighted by Gasteiger charge is -2.32. The molecule has 1 aliphatic heterocycles. The molecule has 24 heavy (non-hydrogen) atoms. The second kappa shape index (κ2) is 8.31. The number of anilines is 1. The summed E-state index contributed by atoms with van der Waals surface area (Å²) in [6.07, 6.45) is 5.86. The first-order valence-corrected chi connectivity index (χ1v) is 8.68. The van der Waals surface area contributed by atoms with Crippen LogP contribution in [-0.2, 0) is 6.54 Å². The molecule has 0 bridgehead atoms. The van der Waals surface area contributed by atoms with Crippen molar-refractivity contribution in [2.24, 2.45) is 5.92 Å². The molecule has 3 rings (SSSR count). The third-order valence-corrected chi connectivity index (χ3v) is 4.69. The maximum atomic E-state index is 6.12. The summed E-state index contributed by atoms with van der Waals surface area (Å²) < 4.78 is 5.44. The Morgan fingerprint density at radius 2 is 2.00 bits per heavy atom. The molecular weight excluding hydrogens is 324 g/mol. The predicted octanol–water partition coefficient (Wildman–Crippen LogP) is 3.46.